The van der Waals surface area contributed by atoms with Gasteiger partial charge in [-0.05, 0) is 68.3 Å². The standard InChI is InChI=1S/C37H57N5O5/c1-11-12-18-26(30(44)33(46)38-21-19-27(43)41(10)22-20-24-16-14-13-15-17-24)39-32(45)29-28-25(37(28,8)9)23-42(29)34(47)31(35(2,3)4)40-36(5,6)7/h11,13-17,25-26,28-29,31,40H,1,12,18-23H2,2-10H3,(H,38,46)(H,39,45)/t25-,26?,28-,29-,31+/m0/s1. The first-order chi connectivity index (χ1) is 21.8. The Bertz CT molecular complexity index is 1310. The smallest absolute Gasteiger partial charge is 0.289 e. The topological polar surface area (TPSA) is 128 Å². The number of nitrogens with zero attached hydrogens (tertiary/aromatic N) is 2. The summed E-state index contributed by atoms with van der Waals surface area (Å²) in [4.78, 5) is 70.3. The molecule has 1 saturated heterocycles. The molecule has 3 rings (SSSR count). The lowest BCUT2D eigenvalue weighted by atomic mass is 9.83. The summed E-state index contributed by atoms with van der Waals surface area (Å²) in [7, 11) is 1.71. The van der Waals surface area contributed by atoms with E-state index >= 15 is 0 Å². The largest absolute Gasteiger partial charge is 0.349 e. The highest BCUT2D eigenvalue weighted by molar-refractivity contribution is 6.38. The molecule has 1 aromatic carbocycles. The summed E-state index contributed by atoms with van der Waals surface area (Å²) in [5.41, 5.74) is 0.268. The Hall–Kier alpha value is -3.53. The van der Waals surface area contributed by atoms with Gasteiger partial charge in [0.15, 0.2) is 0 Å². The fourth-order valence-corrected chi connectivity index (χ4v) is 6.66. The van der Waals surface area contributed by atoms with Gasteiger partial charge in [-0.3, -0.25) is 24.0 Å². The number of allylic oxidation sites excluding steroid dienone is 1. The van der Waals surface area contributed by atoms with Crippen molar-refractivity contribution in [1.82, 2.24) is 25.8 Å². The van der Waals surface area contributed by atoms with Crippen LogP contribution in [0.3, 0.4) is 0 Å². The van der Waals surface area contributed by atoms with E-state index in [1.54, 1.807) is 22.9 Å². The summed E-state index contributed by atoms with van der Waals surface area (Å²) in [6, 6.07) is 7.49. The number of rotatable bonds is 15. The summed E-state index contributed by atoms with van der Waals surface area (Å²) in [6.07, 6.45) is 2.98. The molecule has 10 heteroatoms. The van der Waals surface area contributed by atoms with E-state index < -0.39 is 41.1 Å². The van der Waals surface area contributed by atoms with Gasteiger partial charge >= 0.3 is 0 Å². The third-order valence-electron chi connectivity index (χ3n) is 9.60. The number of benzene rings is 1. The van der Waals surface area contributed by atoms with E-state index in [2.05, 4.69) is 36.4 Å². The first-order valence-corrected chi connectivity index (χ1v) is 16.9. The summed E-state index contributed by atoms with van der Waals surface area (Å²) < 4.78 is 0. The fraction of sp³-hybridized carbons (Fsp3) is 0.649. The molecule has 2 fully saturated rings. The normalized spacial score (nSPS) is 21.2. The SMILES string of the molecule is C=CCCC(NC(=O)[C@@H]1[C@@H]2[C@H](CN1C(=O)[C@@H](NC(C)(C)C)C(C)(C)C)C2(C)C)C(=O)C(=O)NCCC(=O)N(C)CCc1ccccc1. The quantitative estimate of drug-likeness (QED) is 0.197. The van der Waals surface area contributed by atoms with Gasteiger partial charge in [0.25, 0.3) is 5.91 Å². The molecule has 1 aliphatic carbocycles. The molecule has 260 valence electrons. The Morgan fingerprint density at radius 2 is 1.70 bits per heavy atom. The lowest BCUT2D eigenvalue weighted by Crippen LogP contribution is -2.62. The summed E-state index contributed by atoms with van der Waals surface area (Å²) in [5, 5.41) is 8.87. The number of ketones is 1. The van der Waals surface area contributed by atoms with Crippen molar-refractivity contribution < 1.29 is 24.0 Å². The summed E-state index contributed by atoms with van der Waals surface area (Å²) >= 11 is 0. The van der Waals surface area contributed by atoms with Crippen LogP contribution in [0.2, 0.25) is 0 Å². The molecule has 5 atom stereocenters. The van der Waals surface area contributed by atoms with Crippen molar-refractivity contribution in [3.05, 3.63) is 48.6 Å². The Morgan fingerprint density at radius 3 is 2.28 bits per heavy atom. The van der Waals surface area contributed by atoms with Gasteiger partial charge < -0.3 is 25.8 Å². The third kappa shape index (κ3) is 9.75. The van der Waals surface area contributed by atoms with Gasteiger partial charge in [-0.25, -0.2) is 0 Å². The highest BCUT2D eigenvalue weighted by Crippen LogP contribution is 2.65. The zero-order valence-corrected chi connectivity index (χ0v) is 29.9. The molecule has 4 amide bonds. The second-order valence-electron chi connectivity index (χ2n) is 15.9. The maximum atomic E-state index is 14.1. The number of amides is 4. The summed E-state index contributed by atoms with van der Waals surface area (Å²) in [5.74, 6) is -2.22. The second-order valence-corrected chi connectivity index (χ2v) is 15.9. The molecule has 47 heavy (non-hydrogen) atoms. The molecule has 0 aromatic heterocycles. The summed E-state index contributed by atoms with van der Waals surface area (Å²) in [6.45, 7) is 21.0. The number of fused-ring (bicyclic) bond motifs is 1. The second kappa shape index (κ2) is 15.1. The monoisotopic (exact) mass is 651 g/mol. The number of hydrogen-bond acceptors (Lipinski definition) is 6. The van der Waals surface area contributed by atoms with Crippen LogP contribution < -0.4 is 16.0 Å². The number of nitrogens with one attached hydrogen (secondary N) is 3. The van der Waals surface area contributed by atoms with Crippen molar-refractivity contribution in [2.45, 2.75) is 105 Å². The van der Waals surface area contributed by atoms with Gasteiger partial charge in [-0.2, -0.15) is 0 Å². The van der Waals surface area contributed by atoms with Crippen LogP contribution in [0.5, 0.6) is 0 Å². The van der Waals surface area contributed by atoms with Crippen molar-refractivity contribution in [3.63, 3.8) is 0 Å². The Labute approximate surface area is 281 Å². The van der Waals surface area contributed by atoms with Crippen molar-refractivity contribution in [1.29, 1.82) is 0 Å². The highest BCUT2D eigenvalue weighted by Gasteiger charge is 2.69. The number of carbonyl (C=O) groups excluding carboxylic acids is 5. The molecule has 1 heterocycles. The van der Waals surface area contributed by atoms with E-state index in [1.165, 1.54) is 0 Å². The zero-order valence-electron chi connectivity index (χ0n) is 29.9. The van der Waals surface area contributed by atoms with Crippen molar-refractivity contribution in [2.75, 3.05) is 26.7 Å². The van der Waals surface area contributed by atoms with E-state index in [1.807, 2.05) is 71.9 Å². The molecular formula is C37H57N5O5. The van der Waals surface area contributed by atoms with Crippen molar-refractivity contribution in [2.24, 2.45) is 22.7 Å². The maximum absolute atomic E-state index is 14.1. The average Bonchev–Trinajstić information content (AvgIpc) is 3.30. The minimum Gasteiger partial charge on any atom is -0.349 e. The molecule has 3 N–H and O–H groups in total. The third-order valence-corrected chi connectivity index (χ3v) is 9.60. The van der Waals surface area contributed by atoms with E-state index in [0.29, 0.717) is 25.9 Å². The highest BCUT2D eigenvalue weighted by atomic mass is 16.2. The average molecular weight is 652 g/mol. The molecule has 1 aromatic rings. The first kappa shape index (κ1) is 37.9. The molecule has 10 nitrogen and oxygen atoms in total. The molecular weight excluding hydrogens is 594 g/mol. The number of piperidine rings is 1. The van der Waals surface area contributed by atoms with Crippen LogP contribution >= 0.6 is 0 Å². The van der Waals surface area contributed by atoms with Crippen LogP contribution in [0.1, 0.15) is 80.2 Å². The Balaban J connectivity index is 1.66. The van der Waals surface area contributed by atoms with Crippen molar-refractivity contribution >= 4 is 29.4 Å². The van der Waals surface area contributed by atoms with Gasteiger partial charge in [-0.1, -0.05) is 71.0 Å². The van der Waals surface area contributed by atoms with E-state index in [4.69, 9.17) is 0 Å². The molecule has 0 bridgehead atoms. The van der Waals surface area contributed by atoms with Gasteiger partial charge in [0, 0.05) is 38.6 Å². The molecule has 1 unspecified atom stereocenters. The Kier molecular flexibility index (Phi) is 12.2. The number of hydrogen-bond donors (Lipinski definition) is 3. The number of Topliss-reactive ketones (excluding diaryl/α,β-unsaturated/α-hetero) is 1. The van der Waals surface area contributed by atoms with Crippen molar-refractivity contribution in [3.8, 4) is 0 Å². The number of likely N-dealkylation sites (N-methyl/N-ethyl adjacent to an activating group) is 1. The molecule has 0 spiro atoms. The van der Waals surface area contributed by atoms with Crippen LogP contribution in [0, 0.1) is 22.7 Å². The molecule has 0 radical (unpaired) electrons. The molecule has 2 aliphatic rings. The lowest BCUT2D eigenvalue weighted by molar-refractivity contribution is -0.146. The van der Waals surface area contributed by atoms with Gasteiger partial charge in [0.1, 0.15) is 6.04 Å². The molecule has 1 saturated carbocycles. The number of carbonyl (C=O) groups is 5. The zero-order chi connectivity index (χ0) is 35.3. The van der Waals surface area contributed by atoms with Crippen LogP contribution in [-0.2, 0) is 30.4 Å². The van der Waals surface area contributed by atoms with E-state index in [9.17, 15) is 24.0 Å². The number of likely N-dealkylation sites (tertiary alicyclic amines) is 1. The Morgan fingerprint density at radius 1 is 1.06 bits per heavy atom. The fourth-order valence-electron chi connectivity index (χ4n) is 6.66. The van der Waals surface area contributed by atoms with Gasteiger partial charge in [0.2, 0.25) is 23.5 Å². The van der Waals surface area contributed by atoms with Crippen LogP contribution in [0.25, 0.3) is 0 Å². The first-order valence-electron chi connectivity index (χ1n) is 16.9. The predicted octanol–water partition coefficient (Wildman–Crippen LogP) is 3.50. The van der Waals surface area contributed by atoms with Gasteiger partial charge in [0.05, 0.1) is 12.1 Å². The minimum atomic E-state index is -1.09. The minimum absolute atomic E-state index is 0.000967. The van der Waals surface area contributed by atoms with E-state index in [0.717, 1.165) is 5.56 Å². The predicted molar refractivity (Wildman–Crippen MR) is 184 cm³/mol. The maximum Gasteiger partial charge on any atom is 0.289 e. The molecule has 1 aliphatic heterocycles. The van der Waals surface area contributed by atoms with Crippen LogP contribution in [0.15, 0.2) is 43.0 Å². The van der Waals surface area contributed by atoms with E-state index in [-0.39, 0.29) is 54.0 Å². The lowest BCUT2D eigenvalue weighted by Gasteiger charge is -2.41. The van der Waals surface area contributed by atoms with Crippen LogP contribution in [-0.4, -0.2) is 89.6 Å². The van der Waals surface area contributed by atoms with Crippen LogP contribution in [0.4, 0.5) is 0 Å². The van der Waals surface area contributed by atoms with Gasteiger partial charge in [-0.15, -0.1) is 6.58 Å².